The largest absolute Gasteiger partial charge is 0.450 e. The molecule has 0 spiro atoms. The summed E-state index contributed by atoms with van der Waals surface area (Å²) in [6.45, 7) is 6.87. The standard InChI is InChI=1S/C20H30ClN3O4/c1-4-28-20(27)24-17(12-14(2)3)13-23-18(25)6-5-11-22-19(26)15-7-9-16(21)10-8-15/h7-10,14,17H,4-6,11-13H2,1-3H3,(H,22,26)(H,23,25)(H,24,27). The summed E-state index contributed by atoms with van der Waals surface area (Å²) in [5, 5.41) is 8.93. The molecular weight excluding hydrogens is 382 g/mol. The van der Waals surface area contributed by atoms with Crippen molar-refractivity contribution in [1.29, 1.82) is 0 Å². The van der Waals surface area contributed by atoms with E-state index in [0.717, 1.165) is 6.42 Å². The smallest absolute Gasteiger partial charge is 0.407 e. The van der Waals surface area contributed by atoms with Crippen molar-refractivity contribution in [3.63, 3.8) is 0 Å². The van der Waals surface area contributed by atoms with E-state index in [2.05, 4.69) is 16.0 Å². The summed E-state index contributed by atoms with van der Waals surface area (Å²) in [7, 11) is 0. The Kier molecular flexibility index (Phi) is 11.0. The van der Waals surface area contributed by atoms with Crippen molar-refractivity contribution in [2.45, 2.75) is 46.1 Å². The zero-order valence-electron chi connectivity index (χ0n) is 16.7. The van der Waals surface area contributed by atoms with E-state index in [0.29, 0.717) is 42.6 Å². The third kappa shape index (κ3) is 10.2. The molecule has 1 aromatic rings. The van der Waals surface area contributed by atoms with Gasteiger partial charge in [-0.25, -0.2) is 4.79 Å². The molecule has 7 nitrogen and oxygen atoms in total. The number of amides is 3. The Labute approximate surface area is 171 Å². The molecule has 156 valence electrons. The van der Waals surface area contributed by atoms with Crippen LogP contribution < -0.4 is 16.0 Å². The van der Waals surface area contributed by atoms with E-state index in [4.69, 9.17) is 16.3 Å². The maximum atomic E-state index is 12.0. The summed E-state index contributed by atoms with van der Waals surface area (Å²) in [5.41, 5.74) is 0.524. The molecule has 1 aromatic carbocycles. The lowest BCUT2D eigenvalue weighted by Gasteiger charge is -2.20. The van der Waals surface area contributed by atoms with Crippen molar-refractivity contribution in [3.8, 4) is 0 Å². The maximum absolute atomic E-state index is 12.0. The number of alkyl carbamates (subject to hydrolysis) is 1. The molecule has 0 saturated heterocycles. The first-order valence-electron chi connectivity index (χ1n) is 9.55. The minimum atomic E-state index is -0.479. The van der Waals surface area contributed by atoms with Crippen LogP contribution in [0.5, 0.6) is 0 Å². The first-order chi connectivity index (χ1) is 13.3. The van der Waals surface area contributed by atoms with Gasteiger partial charge in [0.1, 0.15) is 0 Å². The minimum absolute atomic E-state index is 0.125. The first kappa shape index (κ1) is 23.8. The van der Waals surface area contributed by atoms with Crippen LogP contribution in [0.3, 0.4) is 0 Å². The molecule has 0 aliphatic carbocycles. The first-order valence-corrected chi connectivity index (χ1v) is 9.93. The normalized spacial score (nSPS) is 11.6. The lowest BCUT2D eigenvalue weighted by atomic mass is 10.0. The molecule has 0 fully saturated rings. The van der Waals surface area contributed by atoms with Crippen LogP contribution in [0, 0.1) is 5.92 Å². The number of nitrogens with one attached hydrogen (secondary N) is 3. The Morgan fingerprint density at radius 1 is 1.11 bits per heavy atom. The predicted octanol–water partition coefficient (Wildman–Crippen LogP) is 3.13. The van der Waals surface area contributed by atoms with Crippen LogP contribution in [-0.2, 0) is 9.53 Å². The third-order valence-electron chi connectivity index (χ3n) is 3.87. The van der Waals surface area contributed by atoms with Gasteiger partial charge in [-0.2, -0.15) is 0 Å². The maximum Gasteiger partial charge on any atom is 0.407 e. The number of benzene rings is 1. The van der Waals surface area contributed by atoms with Gasteiger partial charge in [0.15, 0.2) is 0 Å². The predicted molar refractivity (Wildman–Crippen MR) is 109 cm³/mol. The van der Waals surface area contributed by atoms with Crippen LogP contribution in [-0.4, -0.2) is 43.6 Å². The number of hydrogen-bond acceptors (Lipinski definition) is 4. The molecule has 0 aliphatic heterocycles. The van der Waals surface area contributed by atoms with Gasteiger partial charge in [-0.15, -0.1) is 0 Å². The molecule has 1 unspecified atom stereocenters. The molecule has 0 aromatic heterocycles. The fourth-order valence-electron chi connectivity index (χ4n) is 2.58. The Balaban J connectivity index is 2.29. The number of halogens is 1. The summed E-state index contributed by atoms with van der Waals surface area (Å²) < 4.78 is 4.90. The average Bonchev–Trinajstić information content (AvgIpc) is 2.63. The van der Waals surface area contributed by atoms with Crippen molar-refractivity contribution in [1.82, 2.24) is 16.0 Å². The van der Waals surface area contributed by atoms with Gasteiger partial charge in [-0.3, -0.25) is 9.59 Å². The van der Waals surface area contributed by atoms with Crippen molar-refractivity contribution in [2.75, 3.05) is 19.7 Å². The van der Waals surface area contributed by atoms with E-state index in [1.807, 2.05) is 13.8 Å². The van der Waals surface area contributed by atoms with Crippen molar-refractivity contribution in [3.05, 3.63) is 34.9 Å². The van der Waals surface area contributed by atoms with E-state index in [9.17, 15) is 14.4 Å². The summed E-state index contributed by atoms with van der Waals surface area (Å²) in [5.74, 6) is 0.0415. The van der Waals surface area contributed by atoms with Gasteiger partial charge in [-0.05, 0) is 49.9 Å². The van der Waals surface area contributed by atoms with Crippen molar-refractivity contribution in [2.24, 2.45) is 5.92 Å². The number of carbonyl (C=O) groups is 3. The van der Waals surface area contributed by atoms with E-state index in [1.54, 1.807) is 31.2 Å². The number of rotatable bonds is 11. The Morgan fingerprint density at radius 2 is 1.79 bits per heavy atom. The molecule has 0 radical (unpaired) electrons. The summed E-state index contributed by atoms with van der Waals surface area (Å²) >= 11 is 5.79. The second-order valence-electron chi connectivity index (χ2n) is 6.86. The van der Waals surface area contributed by atoms with Gasteiger partial charge < -0.3 is 20.7 Å². The molecular formula is C20H30ClN3O4. The van der Waals surface area contributed by atoms with Gasteiger partial charge in [-0.1, -0.05) is 25.4 Å². The van der Waals surface area contributed by atoms with Crippen LogP contribution in [0.1, 0.15) is 50.4 Å². The Morgan fingerprint density at radius 3 is 2.39 bits per heavy atom. The van der Waals surface area contributed by atoms with Gasteiger partial charge in [0.2, 0.25) is 5.91 Å². The van der Waals surface area contributed by atoms with Crippen LogP contribution in [0.15, 0.2) is 24.3 Å². The topological polar surface area (TPSA) is 96.5 Å². The number of carbonyl (C=O) groups excluding carboxylic acids is 3. The fraction of sp³-hybridized carbons (Fsp3) is 0.550. The summed E-state index contributed by atoms with van der Waals surface area (Å²) in [6, 6.07) is 6.42. The molecule has 1 atom stereocenters. The van der Waals surface area contributed by atoms with Gasteiger partial charge in [0.05, 0.1) is 6.61 Å². The molecule has 0 heterocycles. The lowest BCUT2D eigenvalue weighted by Crippen LogP contribution is -2.44. The highest BCUT2D eigenvalue weighted by Crippen LogP contribution is 2.09. The monoisotopic (exact) mass is 411 g/mol. The molecule has 28 heavy (non-hydrogen) atoms. The average molecular weight is 412 g/mol. The Hall–Kier alpha value is -2.28. The number of ether oxygens (including phenoxy) is 1. The Bertz CT molecular complexity index is 635. The van der Waals surface area contributed by atoms with E-state index < -0.39 is 6.09 Å². The highest BCUT2D eigenvalue weighted by atomic mass is 35.5. The van der Waals surface area contributed by atoms with Gasteiger partial charge in [0, 0.05) is 36.1 Å². The number of hydrogen-bond donors (Lipinski definition) is 3. The van der Waals surface area contributed by atoms with Crippen LogP contribution in [0.4, 0.5) is 4.79 Å². The zero-order chi connectivity index (χ0) is 20.9. The summed E-state index contributed by atoms with van der Waals surface area (Å²) in [6.07, 6.45) is 1.06. The second kappa shape index (κ2) is 13.0. The van der Waals surface area contributed by atoms with Gasteiger partial charge in [0.25, 0.3) is 5.91 Å². The molecule has 8 heteroatoms. The SMILES string of the molecule is CCOC(=O)NC(CNC(=O)CCCNC(=O)c1ccc(Cl)cc1)CC(C)C. The highest BCUT2D eigenvalue weighted by Gasteiger charge is 2.15. The van der Waals surface area contributed by atoms with Crippen LogP contribution >= 0.6 is 11.6 Å². The van der Waals surface area contributed by atoms with E-state index in [-0.39, 0.29) is 24.3 Å². The molecule has 0 bridgehead atoms. The third-order valence-corrected chi connectivity index (χ3v) is 4.12. The molecule has 3 amide bonds. The quantitative estimate of drug-likeness (QED) is 0.487. The molecule has 3 N–H and O–H groups in total. The molecule has 0 saturated carbocycles. The molecule has 1 rings (SSSR count). The van der Waals surface area contributed by atoms with Crippen molar-refractivity contribution < 1.29 is 19.1 Å². The van der Waals surface area contributed by atoms with E-state index >= 15 is 0 Å². The van der Waals surface area contributed by atoms with Crippen molar-refractivity contribution >= 4 is 29.5 Å². The molecule has 0 aliphatic rings. The minimum Gasteiger partial charge on any atom is -0.450 e. The lowest BCUT2D eigenvalue weighted by molar-refractivity contribution is -0.121. The van der Waals surface area contributed by atoms with E-state index in [1.165, 1.54) is 0 Å². The highest BCUT2D eigenvalue weighted by molar-refractivity contribution is 6.30. The van der Waals surface area contributed by atoms with Crippen LogP contribution in [0.25, 0.3) is 0 Å². The summed E-state index contributed by atoms with van der Waals surface area (Å²) in [4.78, 5) is 35.6. The second-order valence-corrected chi connectivity index (χ2v) is 7.30. The van der Waals surface area contributed by atoms with Gasteiger partial charge >= 0.3 is 6.09 Å². The fourth-order valence-corrected chi connectivity index (χ4v) is 2.71. The zero-order valence-corrected chi connectivity index (χ0v) is 17.5. The van der Waals surface area contributed by atoms with Crippen LogP contribution in [0.2, 0.25) is 5.02 Å².